The first-order valence-corrected chi connectivity index (χ1v) is 11.9. The van der Waals surface area contributed by atoms with Crippen molar-refractivity contribution >= 4 is 16.8 Å². The number of amides is 1. The lowest BCUT2D eigenvalue weighted by Gasteiger charge is -2.53. The Kier molecular flexibility index (Phi) is 5.16. The number of H-pyrrole nitrogens is 1. The number of nitrogens with one attached hydrogen (secondary N) is 2. The van der Waals surface area contributed by atoms with Crippen LogP contribution in [0.4, 0.5) is 0 Å². The van der Waals surface area contributed by atoms with Crippen LogP contribution >= 0.6 is 0 Å². The standard InChI is InChI=1S/C29H26N4O/c34-28(33-18-17-30-20-29(33)15-6-16-29)23-12-14-27-25(19-23)26(31-32-27)13-11-22-9-4-5-10-24(22)21-7-2-1-3-8-21/h1-5,7-10,12,14,19,30H,6,15-18,20H2,(H,31,32). The van der Waals surface area contributed by atoms with Crippen molar-refractivity contribution in [3.05, 3.63) is 89.6 Å². The summed E-state index contributed by atoms with van der Waals surface area (Å²) >= 11 is 0. The van der Waals surface area contributed by atoms with Gasteiger partial charge in [0.25, 0.3) is 5.91 Å². The van der Waals surface area contributed by atoms with Gasteiger partial charge in [-0.15, -0.1) is 0 Å². The summed E-state index contributed by atoms with van der Waals surface area (Å²) in [6.07, 6.45) is 3.35. The van der Waals surface area contributed by atoms with Crippen molar-refractivity contribution in [1.82, 2.24) is 20.4 Å². The van der Waals surface area contributed by atoms with Gasteiger partial charge in [-0.25, -0.2) is 0 Å². The number of hydrogen-bond donors (Lipinski definition) is 2. The van der Waals surface area contributed by atoms with E-state index in [-0.39, 0.29) is 11.4 Å². The molecule has 1 saturated heterocycles. The van der Waals surface area contributed by atoms with E-state index < -0.39 is 0 Å². The molecule has 2 heterocycles. The van der Waals surface area contributed by atoms with Crippen LogP contribution in [-0.4, -0.2) is 46.2 Å². The largest absolute Gasteiger partial charge is 0.330 e. The van der Waals surface area contributed by atoms with Crippen LogP contribution in [0.3, 0.4) is 0 Å². The van der Waals surface area contributed by atoms with Crippen LogP contribution in [0.25, 0.3) is 22.0 Å². The first-order chi connectivity index (χ1) is 16.7. The smallest absolute Gasteiger partial charge is 0.254 e. The van der Waals surface area contributed by atoms with E-state index in [1.807, 2.05) is 54.6 Å². The van der Waals surface area contributed by atoms with Gasteiger partial charge in [0.1, 0.15) is 5.69 Å². The number of aromatic nitrogens is 2. The lowest BCUT2D eigenvalue weighted by molar-refractivity contribution is 0.00289. The Morgan fingerprint density at radius 1 is 0.971 bits per heavy atom. The van der Waals surface area contributed by atoms with Crippen LogP contribution in [0.2, 0.25) is 0 Å². The van der Waals surface area contributed by atoms with Crippen LogP contribution < -0.4 is 5.32 Å². The highest BCUT2D eigenvalue weighted by molar-refractivity contribution is 5.99. The van der Waals surface area contributed by atoms with Crippen molar-refractivity contribution in [2.24, 2.45) is 0 Å². The van der Waals surface area contributed by atoms with Crippen LogP contribution in [0.1, 0.15) is 40.9 Å². The van der Waals surface area contributed by atoms with E-state index in [9.17, 15) is 4.79 Å². The molecule has 0 bridgehead atoms. The number of hydrogen-bond acceptors (Lipinski definition) is 3. The van der Waals surface area contributed by atoms with Gasteiger partial charge in [0.15, 0.2) is 0 Å². The highest BCUT2D eigenvalue weighted by Crippen LogP contribution is 2.39. The van der Waals surface area contributed by atoms with Gasteiger partial charge < -0.3 is 10.2 Å². The predicted molar refractivity (Wildman–Crippen MR) is 134 cm³/mol. The van der Waals surface area contributed by atoms with Crippen LogP contribution in [0, 0.1) is 11.8 Å². The summed E-state index contributed by atoms with van der Waals surface area (Å²) in [5.41, 5.74) is 5.42. The van der Waals surface area contributed by atoms with Gasteiger partial charge in [0, 0.05) is 36.1 Å². The normalized spacial score (nSPS) is 16.6. The monoisotopic (exact) mass is 446 g/mol. The minimum atomic E-state index is -0.00945. The van der Waals surface area contributed by atoms with Gasteiger partial charge in [-0.05, 0) is 60.6 Å². The molecule has 2 N–H and O–H groups in total. The third kappa shape index (κ3) is 3.57. The van der Waals surface area contributed by atoms with Crippen molar-refractivity contribution in [3.8, 4) is 23.0 Å². The van der Waals surface area contributed by atoms with Crippen molar-refractivity contribution in [1.29, 1.82) is 0 Å². The maximum absolute atomic E-state index is 13.5. The quantitative estimate of drug-likeness (QED) is 0.443. The molecular weight excluding hydrogens is 420 g/mol. The fourth-order valence-corrected chi connectivity index (χ4v) is 5.18. The Morgan fingerprint density at radius 2 is 1.79 bits per heavy atom. The summed E-state index contributed by atoms with van der Waals surface area (Å²) in [7, 11) is 0. The zero-order valence-electron chi connectivity index (χ0n) is 19.0. The maximum atomic E-state index is 13.5. The van der Waals surface area contributed by atoms with Crippen molar-refractivity contribution in [2.75, 3.05) is 19.6 Å². The van der Waals surface area contributed by atoms with Crippen molar-refractivity contribution in [3.63, 3.8) is 0 Å². The molecule has 3 aromatic carbocycles. The summed E-state index contributed by atoms with van der Waals surface area (Å²) in [4.78, 5) is 15.6. The second-order valence-corrected chi connectivity index (χ2v) is 9.20. The zero-order valence-corrected chi connectivity index (χ0v) is 19.0. The Morgan fingerprint density at radius 3 is 2.62 bits per heavy atom. The van der Waals surface area contributed by atoms with E-state index in [2.05, 4.69) is 50.5 Å². The maximum Gasteiger partial charge on any atom is 0.254 e. The second-order valence-electron chi connectivity index (χ2n) is 9.20. The molecule has 1 saturated carbocycles. The number of aromatic amines is 1. The minimum absolute atomic E-state index is 0.00945. The van der Waals surface area contributed by atoms with Crippen molar-refractivity contribution in [2.45, 2.75) is 24.8 Å². The molecule has 0 atom stereocenters. The molecule has 4 aromatic rings. The third-order valence-corrected chi connectivity index (χ3v) is 7.20. The predicted octanol–water partition coefficient (Wildman–Crippen LogP) is 4.60. The topological polar surface area (TPSA) is 61.0 Å². The molecular formula is C29H26N4O. The molecule has 0 unspecified atom stereocenters. The van der Waals surface area contributed by atoms with Gasteiger partial charge in [-0.3, -0.25) is 9.89 Å². The molecule has 1 aromatic heterocycles. The second kappa shape index (κ2) is 8.48. The molecule has 2 fully saturated rings. The third-order valence-electron chi connectivity index (χ3n) is 7.20. The summed E-state index contributed by atoms with van der Waals surface area (Å²) < 4.78 is 0. The number of nitrogens with zero attached hydrogens (tertiary/aromatic N) is 2. The Hall–Kier alpha value is -3.88. The lowest BCUT2D eigenvalue weighted by Crippen LogP contribution is -2.66. The van der Waals surface area contributed by atoms with Crippen LogP contribution in [0.5, 0.6) is 0 Å². The molecule has 5 nitrogen and oxygen atoms in total. The van der Waals surface area contributed by atoms with Crippen molar-refractivity contribution < 1.29 is 4.79 Å². The molecule has 5 heteroatoms. The van der Waals surface area contributed by atoms with Crippen LogP contribution in [-0.2, 0) is 0 Å². The first kappa shape index (κ1) is 20.7. The summed E-state index contributed by atoms with van der Waals surface area (Å²) in [6.45, 7) is 2.49. The van der Waals surface area contributed by atoms with E-state index in [4.69, 9.17) is 0 Å². The fraction of sp³-hybridized carbons (Fsp3) is 0.241. The number of rotatable bonds is 2. The molecule has 1 aliphatic carbocycles. The Bertz CT molecular complexity index is 1420. The molecule has 168 valence electrons. The number of carbonyl (C=O) groups is 1. The average molecular weight is 447 g/mol. The molecule has 1 amide bonds. The van der Waals surface area contributed by atoms with Gasteiger partial charge in [-0.1, -0.05) is 54.5 Å². The molecule has 2 aliphatic rings. The Balaban J connectivity index is 1.34. The van der Waals surface area contributed by atoms with Gasteiger partial charge in [0.2, 0.25) is 0 Å². The van der Waals surface area contributed by atoms with Gasteiger partial charge >= 0.3 is 0 Å². The minimum Gasteiger partial charge on any atom is -0.330 e. The number of benzene rings is 3. The lowest BCUT2D eigenvalue weighted by atomic mass is 9.74. The first-order valence-electron chi connectivity index (χ1n) is 11.9. The van der Waals surface area contributed by atoms with E-state index >= 15 is 0 Å². The van der Waals surface area contributed by atoms with E-state index in [0.29, 0.717) is 5.56 Å². The SMILES string of the molecule is O=C(c1ccc2n[nH]c(C#Cc3ccccc3-c3ccccc3)c2c1)N1CCNCC12CCC2. The van der Waals surface area contributed by atoms with Gasteiger partial charge in [0.05, 0.1) is 11.1 Å². The van der Waals surface area contributed by atoms with E-state index in [0.717, 1.165) is 65.8 Å². The summed E-state index contributed by atoms with van der Waals surface area (Å²) in [5, 5.41) is 11.8. The number of piperazine rings is 1. The highest BCUT2D eigenvalue weighted by Gasteiger charge is 2.46. The highest BCUT2D eigenvalue weighted by atomic mass is 16.2. The summed E-state index contributed by atoms with van der Waals surface area (Å²) in [5.74, 6) is 6.71. The molecule has 34 heavy (non-hydrogen) atoms. The van der Waals surface area contributed by atoms with E-state index in [1.54, 1.807) is 0 Å². The number of carbonyl (C=O) groups excluding carboxylic acids is 1. The molecule has 0 radical (unpaired) electrons. The summed E-state index contributed by atoms with van der Waals surface area (Å²) in [6, 6.07) is 24.2. The molecule has 6 rings (SSSR count). The van der Waals surface area contributed by atoms with Gasteiger partial charge in [-0.2, -0.15) is 5.10 Å². The molecule has 1 spiro atoms. The van der Waals surface area contributed by atoms with E-state index in [1.165, 1.54) is 6.42 Å². The van der Waals surface area contributed by atoms with Crippen LogP contribution in [0.15, 0.2) is 72.8 Å². The number of fused-ring (bicyclic) bond motifs is 1. The molecule has 1 aliphatic heterocycles. The Labute approximate surface area is 199 Å². The zero-order chi connectivity index (χ0) is 23.0. The average Bonchev–Trinajstić information content (AvgIpc) is 3.29. The fourth-order valence-electron chi connectivity index (χ4n) is 5.18.